The fourth-order valence-electron chi connectivity index (χ4n) is 3.72. The zero-order valence-corrected chi connectivity index (χ0v) is 15.4. The molecule has 0 atom stereocenters. The molecule has 4 heterocycles. The van der Waals surface area contributed by atoms with Gasteiger partial charge < -0.3 is 15.2 Å². The van der Waals surface area contributed by atoms with E-state index in [1.807, 2.05) is 6.92 Å². The van der Waals surface area contributed by atoms with Gasteiger partial charge in [0.15, 0.2) is 11.5 Å². The maximum absolute atomic E-state index is 4.52. The summed E-state index contributed by atoms with van der Waals surface area (Å²) in [6.07, 6.45) is 6.63. The van der Waals surface area contributed by atoms with Gasteiger partial charge in [-0.25, -0.2) is 15.0 Å². The molecule has 1 aliphatic rings. The molecule has 1 aliphatic heterocycles. The number of fused-ring (bicyclic) bond motifs is 1. The molecule has 3 aromatic rings. The van der Waals surface area contributed by atoms with Crippen molar-refractivity contribution in [2.75, 3.05) is 24.5 Å². The van der Waals surface area contributed by atoms with Crippen molar-refractivity contribution in [2.45, 2.75) is 45.7 Å². The van der Waals surface area contributed by atoms with Crippen molar-refractivity contribution < 1.29 is 0 Å². The van der Waals surface area contributed by atoms with E-state index >= 15 is 0 Å². The molecule has 26 heavy (non-hydrogen) atoms. The van der Waals surface area contributed by atoms with Gasteiger partial charge in [-0.1, -0.05) is 0 Å². The number of hydrogen-bond donors (Lipinski definition) is 2. The summed E-state index contributed by atoms with van der Waals surface area (Å²) in [4.78, 5) is 18.4. The van der Waals surface area contributed by atoms with Gasteiger partial charge >= 0.3 is 0 Å². The van der Waals surface area contributed by atoms with Gasteiger partial charge in [0.1, 0.15) is 11.8 Å². The average Bonchev–Trinajstić information content (AvgIpc) is 3.25. The van der Waals surface area contributed by atoms with Gasteiger partial charge in [-0.15, -0.1) is 0 Å². The molecule has 0 bridgehead atoms. The normalized spacial score (nSPS) is 15.8. The standard InChI is InChI=1S/C18H26N8/c1-13-10-14(2)26(24-13)7-3-6-19-15-4-8-25(9-5-15)18-16-17(21-11-20-16)22-12-23-18/h10-12,15,19H,3-9H2,1-2H3,(H,20,21,22,23). The van der Waals surface area contributed by atoms with Crippen molar-refractivity contribution >= 4 is 17.0 Å². The summed E-state index contributed by atoms with van der Waals surface area (Å²) in [6, 6.07) is 2.71. The third kappa shape index (κ3) is 3.55. The number of hydrogen-bond acceptors (Lipinski definition) is 6. The van der Waals surface area contributed by atoms with Crippen molar-refractivity contribution in [2.24, 2.45) is 0 Å². The predicted molar refractivity (Wildman–Crippen MR) is 101 cm³/mol. The molecule has 8 nitrogen and oxygen atoms in total. The highest BCUT2D eigenvalue weighted by atomic mass is 15.3. The molecular weight excluding hydrogens is 328 g/mol. The molecule has 8 heteroatoms. The van der Waals surface area contributed by atoms with E-state index in [-0.39, 0.29) is 0 Å². The summed E-state index contributed by atoms with van der Waals surface area (Å²) in [5.41, 5.74) is 4.01. The summed E-state index contributed by atoms with van der Waals surface area (Å²) in [7, 11) is 0. The molecule has 0 aromatic carbocycles. The van der Waals surface area contributed by atoms with Crippen LogP contribution in [-0.2, 0) is 6.54 Å². The van der Waals surface area contributed by atoms with E-state index in [9.17, 15) is 0 Å². The predicted octanol–water partition coefficient (Wildman–Crippen LogP) is 1.81. The fourth-order valence-corrected chi connectivity index (χ4v) is 3.72. The highest BCUT2D eigenvalue weighted by molar-refractivity contribution is 5.82. The van der Waals surface area contributed by atoms with Crippen LogP contribution in [-0.4, -0.2) is 55.4 Å². The first-order valence-corrected chi connectivity index (χ1v) is 9.34. The summed E-state index contributed by atoms with van der Waals surface area (Å²) < 4.78 is 2.10. The maximum atomic E-state index is 4.52. The fraction of sp³-hybridized carbons (Fsp3) is 0.556. The molecule has 4 rings (SSSR count). The van der Waals surface area contributed by atoms with Crippen LogP contribution in [0.15, 0.2) is 18.7 Å². The minimum absolute atomic E-state index is 0.575. The number of aromatic nitrogens is 6. The van der Waals surface area contributed by atoms with Gasteiger partial charge in [-0.3, -0.25) is 4.68 Å². The maximum Gasteiger partial charge on any atom is 0.182 e. The molecule has 0 saturated carbocycles. The van der Waals surface area contributed by atoms with Crippen molar-refractivity contribution in [3.05, 3.63) is 30.1 Å². The number of nitrogens with one attached hydrogen (secondary N) is 2. The summed E-state index contributed by atoms with van der Waals surface area (Å²) in [5.74, 6) is 0.968. The number of imidazole rings is 1. The first-order valence-electron chi connectivity index (χ1n) is 9.34. The quantitative estimate of drug-likeness (QED) is 0.657. The molecule has 3 aromatic heterocycles. The van der Waals surface area contributed by atoms with Crippen LogP contribution in [0.3, 0.4) is 0 Å². The lowest BCUT2D eigenvalue weighted by Gasteiger charge is -2.33. The highest BCUT2D eigenvalue weighted by Gasteiger charge is 2.21. The molecule has 2 N–H and O–H groups in total. The summed E-state index contributed by atoms with van der Waals surface area (Å²) in [5, 5.41) is 8.22. The third-order valence-electron chi connectivity index (χ3n) is 5.08. The number of nitrogens with zero attached hydrogens (tertiary/aromatic N) is 6. The molecule has 138 valence electrons. The van der Waals surface area contributed by atoms with Crippen LogP contribution in [0.25, 0.3) is 11.2 Å². The van der Waals surface area contributed by atoms with Crippen molar-refractivity contribution in [3.63, 3.8) is 0 Å². The minimum atomic E-state index is 0.575. The minimum Gasteiger partial charge on any atom is -0.355 e. The lowest BCUT2D eigenvalue weighted by atomic mass is 10.0. The van der Waals surface area contributed by atoms with E-state index in [0.717, 1.165) is 68.1 Å². The Balaban J connectivity index is 1.24. The number of piperidine rings is 1. The first kappa shape index (κ1) is 17.0. The van der Waals surface area contributed by atoms with E-state index in [0.29, 0.717) is 6.04 Å². The zero-order valence-electron chi connectivity index (χ0n) is 15.4. The van der Waals surface area contributed by atoms with Gasteiger partial charge in [0.2, 0.25) is 0 Å². The number of anilines is 1. The molecule has 0 spiro atoms. The Bertz CT molecular complexity index is 859. The Hall–Kier alpha value is -2.48. The molecule has 1 saturated heterocycles. The van der Waals surface area contributed by atoms with Gasteiger partial charge in [0.25, 0.3) is 0 Å². The van der Waals surface area contributed by atoms with Crippen LogP contribution in [0.5, 0.6) is 0 Å². The number of aryl methyl sites for hydroxylation is 3. The van der Waals surface area contributed by atoms with E-state index in [1.54, 1.807) is 12.7 Å². The monoisotopic (exact) mass is 354 g/mol. The molecule has 0 aliphatic carbocycles. The van der Waals surface area contributed by atoms with Crippen LogP contribution in [0.2, 0.25) is 0 Å². The number of rotatable bonds is 6. The topological polar surface area (TPSA) is 87.5 Å². The number of aromatic amines is 1. The Morgan fingerprint density at radius 2 is 2.04 bits per heavy atom. The van der Waals surface area contributed by atoms with Gasteiger partial charge in [0, 0.05) is 31.4 Å². The molecule has 1 fully saturated rings. The average molecular weight is 354 g/mol. The van der Waals surface area contributed by atoms with E-state index in [4.69, 9.17) is 0 Å². The SMILES string of the molecule is Cc1cc(C)n(CCCNC2CCN(c3ncnc4nc[nH]c34)CC2)n1. The Morgan fingerprint density at radius 3 is 2.81 bits per heavy atom. The third-order valence-corrected chi connectivity index (χ3v) is 5.08. The number of H-pyrrole nitrogens is 1. The van der Waals surface area contributed by atoms with Gasteiger partial charge in [0.05, 0.1) is 12.0 Å². The second-order valence-corrected chi connectivity index (χ2v) is 7.02. The van der Waals surface area contributed by atoms with Crippen LogP contribution in [0.1, 0.15) is 30.7 Å². The Kier molecular flexibility index (Phi) is 4.83. The molecule has 0 radical (unpaired) electrons. The molecule has 0 amide bonds. The van der Waals surface area contributed by atoms with Gasteiger partial charge in [-0.2, -0.15) is 5.10 Å². The highest BCUT2D eigenvalue weighted by Crippen LogP contribution is 2.23. The molecular formula is C18H26N8. The largest absolute Gasteiger partial charge is 0.355 e. The smallest absolute Gasteiger partial charge is 0.182 e. The Labute approximate surface area is 153 Å². The van der Waals surface area contributed by atoms with E-state index < -0.39 is 0 Å². The van der Waals surface area contributed by atoms with Crippen LogP contribution < -0.4 is 10.2 Å². The Morgan fingerprint density at radius 1 is 1.19 bits per heavy atom. The van der Waals surface area contributed by atoms with Gasteiger partial charge in [-0.05, 0) is 45.7 Å². The second-order valence-electron chi connectivity index (χ2n) is 7.02. The van der Waals surface area contributed by atoms with E-state index in [1.165, 1.54) is 5.69 Å². The summed E-state index contributed by atoms with van der Waals surface area (Å²) in [6.45, 7) is 8.17. The van der Waals surface area contributed by atoms with Crippen molar-refractivity contribution in [3.8, 4) is 0 Å². The molecule has 0 unspecified atom stereocenters. The lowest BCUT2D eigenvalue weighted by Crippen LogP contribution is -2.43. The van der Waals surface area contributed by atoms with E-state index in [2.05, 4.69) is 52.9 Å². The lowest BCUT2D eigenvalue weighted by molar-refractivity contribution is 0.402. The van der Waals surface area contributed by atoms with Crippen LogP contribution in [0.4, 0.5) is 5.82 Å². The van der Waals surface area contributed by atoms with Crippen molar-refractivity contribution in [1.29, 1.82) is 0 Å². The van der Waals surface area contributed by atoms with Crippen LogP contribution in [0, 0.1) is 13.8 Å². The second kappa shape index (κ2) is 7.41. The van der Waals surface area contributed by atoms with Crippen LogP contribution >= 0.6 is 0 Å². The zero-order chi connectivity index (χ0) is 17.9. The summed E-state index contributed by atoms with van der Waals surface area (Å²) >= 11 is 0. The van der Waals surface area contributed by atoms with Crippen molar-refractivity contribution in [1.82, 2.24) is 35.0 Å². The first-order chi connectivity index (χ1) is 12.7.